The maximum absolute atomic E-state index is 9.42. The summed E-state index contributed by atoms with van der Waals surface area (Å²) in [5, 5.41) is 20.1. The van der Waals surface area contributed by atoms with E-state index in [9.17, 15) is 5.26 Å². The summed E-state index contributed by atoms with van der Waals surface area (Å²) in [6, 6.07) is 7.85. The van der Waals surface area contributed by atoms with Crippen molar-refractivity contribution in [1.82, 2.24) is 15.1 Å². The first-order valence-corrected chi connectivity index (χ1v) is 9.72. The average Bonchev–Trinajstić information content (AvgIpc) is 3.15. The maximum Gasteiger partial charge on any atom is 0.196 e. The molecule has 7 heteroatoms. The van der Waals surface area contributed by atoms with Crippen molar-refractivity contribution in [3.63, 3.8) is 0 Å². The molecule has 6 nitrogen and oxygen atoms in total. The minimum absolute atomic E-state index is 0.248. The molecular weight excluding hydrogens is 404 g/mol. The molecule has 2 aliphatic heterocycles. The number of halogens is 1. The van der Waals surface area contributed by atoms with E-state index in [1.807, 2.05) is 12.1 Å². The first-order valence-electron chi connectivity index (χ1n) is 8.93. The third-order valence-corrected chi connectivity index (χ3v) is 6.29. The van der Waals surface area contributed by atoms with Gasteiger partial charge in [-0.15, -0.1) is 0 Å². The Morgan fingerprint density at radius 3 is 3.00 bits per heavy atom. The summed E-state index contributed by atoms with van der Waals surface area (Å²) in [5.41, 5.74) is 4.10. The van der Waals surface area contributed by atoms with Crippen LogP contribution in [0.2, 0.25) is 0 Å². The summed E-state index contributed by atoms with van der Waals surface area (Å²) in [6.07, 6.45) is 3.94. The number of aromatic amines is 1. The Kier molecular flexibility index (Phi) is 4.73. The van der Waals surface area contributed by atoms with Crippen LogP contribution in [-0.4, -0.2) is 35.2 Å². The molecule has 136 valence electrons. The van der Waals surface area contributed by atoms with Crippen LogP contribution in [-0.2, 0) is 0 Å². The minimum atomic E-state index is -0.248. The van der Waals surface area contributed by atoms with Gasteiger partial charge in [0.2, 0.25) is 0 Å². The zero-order chi connectivity index (χ0) is 19.0. The van der Waals surface area contributed by atoms with Gasteiger partial charge in [-0.05, 0) is 54.0 Å². The number of hydrogen-bond acceptors (Lipinski definition) is 4. The summed E-state index contributed by atoms with van der Waals surface area (Å²) in [7, 11) is 2.12. The monoisotopic (exact) mass is 422 g/mol. The molecule has 1 saturated heterocycles. The van der Waals surface area contributed by atoms with Gasteiger partial charge in [0.1, 0.15) is 11.9 Å². The lowest BCUT2D eigenvalue weighted by Crippen LogP contribution is -2.36. The Hall–Kier alpha value is -2.61. The fourth-order valence-electron chi connectivity index (χ4n) is 4.13. The van der Waals surface area contributed by atoms with Crippen LogP contribution in [0.3, 0.4) is 0 Å². The number of benzene rings is 1. The molecule has 0 radical (unpaired) electrons. The number of nitriles is 1. The molecule has 0 saturated carbocycles. The van der Waals surface area contributed by atoms with Crippen LogP contribution < -0.4 is 5.32 Å². The van der Waals surface area contributed by atoms with Crippen molar-refractivity contribution in [2.45, 2.75) is 18.8 Å². The SMILES string of the molecule is [C-]#[N+]C1=C(C2CCCN(C)C2)Nc2[nH]ncc2C1c1cccc(C#N)c1Br. The van der Waals surface area contributed by atoms with Crippen molar-refractivity contribution in [1.29, 1.82) is 5.26 Å². The standard InChI is InChI=1S/C20H19BrN6/c1-23-19-16(14-7-3-5-12(9-22)17(14)21)15-10-24-26-20(15)25-18(19)13-6-4-8-27(2)11-13/h3,5,7,10,13,16H,4,6,8,11H2,2H3,(H2,24,25,26). The van der Waals surface area contributed by atoms with Gasteiger partial charge in [-0.25, -0.2) is 4.85 Å². The van der Waals surface area contributed by atoms with Crippen molar-refractivity contribution in [2.75, 3.05) is 25.5 Å². The van der Waals surface area contributed by atoms with Gasteiger partial charge in [0.05, 0.1) is 24.3 Å². The number of hydrogen-bond donors (Lipinski definition) is 2. The van der Waals surface area contributed by atoms with Crippen molar-refractivity contribution < 1.29 is 0 Å². The number of nitrogens with zero attached hydrogens (tertiary/aromatic N) is 4. The van der Waals surface area contributed by atoms with Crippen LogP contribution in [0, 0.1) is 23.8 Å². The predicted octanol–water partition coefficient (Wildman–Crippen LogP) is 4.07. The van der Waals surface area contributed by atoms with Gasteiger partial charge in [-0.1, -0.05) is 12.1 Å². The average molecular weight is 423 g/mol. The molecule has 0 bridgehead atoms. The van der Waals surface area contributed by atoms with Crippen LogP contribution >= 0.6 is 15.9 Å². The molecule has 0 amide bonds. The summed E-state index contributed by atoms with van der Waals surface area (Å²) >= 11 is 3.59. The number of piperidine rings is 1. The first kappa shape index (κ1) is 17.8. The molecule has 1 fully saturated rings. The highest BCUT2D eigenvalue weighted by atomic mass is 79.9. The third-order valence-electron chi connectivity index (χ3n) is 5.40. The van der Waals surface area contributed by atoms with Crippen molar-refractivity contribution in [2.24, 2.45) is 5.92 Å². The fraction of sp³-hybridized carbons (Fsp3) is 0.350. The lowest BCUT2D eigenvalue weighted by atomic mass is 9.82. The van der Waals surface area contributed by atoms with Gasteiger partial charge in [0.25, 0.3) is 0 Å². The highest BCUT2D eigenvalue weighted by Crippen LogP contribution is 2.46. The molecular formula is C20H19BrN6. The molecule has 2 aliphatic rings. The van der Waals surface area contributed by atoms with E-state index in [4.69, 9.17) is 6.57 Å². The molecule has 1 aromatic heterocycles. The normalized spacial score (nSPS) is 22.5. The van der Waals surface area contributed by atoms with Gasteiger partial charge in [-0.2, -0.15) is 10.4 Å². The minimum Gasteiger partial charge on any atom is -0.354 e. The van der Waals surface area contributed by atoms with Crippen LogP contribution in [0.4, 0.5) is 5.82 Å². The Morgan fingerprint density at radius 2 is 2.26 bits per heavy atom. The molecule has 27 heavy (non-hydrogen) atoms. The topological polar surface area (TPSA) is 72.1 Å². The van der Waals surface area contributed by atoms with Gasteiger partial charge in [-0.3, -0.25) is 5.10 Å². The fourth-order valence-corrected chi connectivity index (χ4v) is 4.71. The smallest absolute Gasteiger partial charge is 0.196 e. The van der Waals surface area contributed by atoms with E-state index in [2.05, 4.69) is 54.3 Å². The summed E-state index contributed by atoms with van der Waals surface area (Å²) in [6.45, 7) is 9.96. The lowest BCUT2D eigenvalue weighted by Gasteiger charge is -2.36. The predicted molar refractivity (Wildman–Crippen MR) is 107 cm³/mol. The number of nitrogens with one attached hydrogen (secondary N) is 2. The molecule has 0 aliphatic carbocycles. The Labute approximate surface area is 166 Å². The van der Waals surface area contributed by atoms with Gasteiger partial charge >= 0.3 is 0 Å². The van der Waals surface area contributed by atoms with Crippen molar-refractivity contribution in [3.05, 3.63) is 68.4 Å². The highest BCUT2D eigenvalue weighted by molar-refractivity contribution is 9.10. The maximum atomic E-state index is 9.42. The molecule has 2 aromatic rings. The second-order valence-corrected chi connectivity index (χ2v) is 7.88. The molecule has 2 unspecified atom stereocenters. The number of likely N-dealkylation sites (tertiary alicyclic amines) is 1. The van der Waals surface area contributed by atoms with Crippen LogP contribution in [0.5, 0.6) is 0 Å². The van der Waals surface area contributed by atoms with E-state index in [1.165, 1.54) is 0 Å². The Morgan fingerprint density at radius 1 is 1.41 bits per heavy atom. The highest BCUT2D eigenvalue weighted by Gasteiger charge is 2.36. The van der Waals surface area contributed by atoms with Crippen LogP contribution in [0.15, 0.2) is 40.3 Å². The number of allylic oxidation sites excluding steroid dienone is 1. The number of anilines is 1. The Balaban J connectivity index is 1.89. The summed E-state index contributed by atoms with van der Waals surface area (Å²) in [5.74, 6) is 0.872. The largest absolute Gasteiger partial charge is 0.354 e. The van der Waals surface area contributed by atoms with E-state index in [1.54, 1.807) is 12.3 Å². The molecule has 1 aromatic carbocycles. The van der Waals surface area contributed by atoms with Gasteiger partial charge in [0, 0.05) is 28.2 Å². The number of aromatic nitrogens is 2. The van der Waals surface area contributed by atoms with E-state index in [0.717, 1.165) is 53.0 Å². The molecule has 2 atom stereocenters. The zero-order valence-corrected chi connectivity index (χ0v) is 16.5. The number of rotatable bonds is 2. The molecule has 4 rings (SSSR count). The van der Waals surface area contributed by atoms with Gasteiger partial charge < -0.3 is 10.2 Å². The van der Waals surface area contributed by atoms with E-state index in [0.29, 0.717) is 11.3 Å². The number of fused-ring (bicyclic) bond motifs is 1. The zero-order valence-electron chi connectivity index (χ0n) is 15.0. The van der Waals surface area contributed by atoms with Crippen molar-refractivity contribution in [3.8, 4) is 6.07 Å². The second-order valence-electron chi connectivity index (χ2n) is 7.09. The second kappa shape index (κ2) is 7.19. The van der Waals surface area contributed by atoms with E-state index < -0.39 is 0 Å². The van der Waals surface area contributed by atoms with E-state index >= 15 is 0 Å². The number of H-pyrrole nitrogens is 1. The van der Waals surface area contributed by atoms with Gasteiger partial charge in [0.15, 0.2) is 5.70 Å². The van der Waals surface area contributed by atoms with Crippen molar-refractivity contribution >= 4 is 21.7 Å². The van der Waals surface area contributed by atoms with Crippen LogP contribution in [0.1, 0.15) is 35.4 Å². The quantitative estimate of drug-likeness (QED) is 0.715. The molecule has 3 heterocycles. The summed E-state index contributed by atoms with van der Waals surface area (Å²) < 4.78 is 0.743. The van der Waals surface area contributed by atoms with E-state index in [-0.39, 0.29) is 11.8 Å². The lowest BCUT2D eigenvalue weighted by molar-refractivity contribution is 0.230. The molecule has 0 spiro atoms. The third kappa shape index (κ3) is 3.03. The van der Waals surface area contributed by atoms with Crippen LogP contribution in [0.25, 0.3) is 4.85 Å². The first-order chi connectivity index (χ1) is 13.1. The molecule has 2 N–H and O–H groups in total. The summed E-state index contributed by atoms with van der Waals surface area (Å²) in [4.78, 5) is 6.28. The Bertz CT molecular complexity index is 993.